The van der Waals surface area contributed by atoms with Gasteiger partial charge in [-0.2, -0.15) is 0 Å². The molecule has 0 bridgehead atoms. The molecule has 0 unspecified atom stereocenters. The number of para-hydroxylation sites is 1. The van der Waals surface area contributed by atoms with E-state index in [1.54, 1.807) is 17.4 Å². The molecule has 9 nitrogen and oxygen atoms in total. The fourth-order valence-electron chi connectivity index (χ4n) is 5.57. The summed E-state index contributed by atoms with van der Waals surface area (Å²) in [4.78, 5) is 30.9. The van der Waals surface area contributed by atoms with Crippen molar-refractivity contribution in [2.45, 2.75) is 33.2 Å². The Bertz CT molecular complexity index is 2090. The molecule has 0 spiro atoms. The fourth-order valence-corrected chi connectivity index (χ4v) is 6.79. The van der Waals surface area contributed by atoms with Gasteiger partial charge in [-0.1, -0.05) is 54.6 Å². The number of thiophene rings is 1. The van der Waals surface area contributed by atoms with E-state index in [1.807, 2.05) is 84.3 Å². The van der Waals surface area contributed by atoms with Crippen molar-refractivity contribution in [3.05, 3.63) is 118 Å². The van der Waals surface area contributed by atoms with Crippen LogP contribution in [0.4, 0.5) is 5.69 Å². The smallest absolute Gasteiger partial charge is 0.306 e. The van der Waals surface area contributed by atoms with E-state index in [4.69, 9.17) is 9.41 Å². The van der Waals surface area contributed by atoms with Gasteiger partial charge in [-0.05, 0) is 61.7 Å². The zero-order valence-corrected chi connectivity index (χ0v) is 25.0. The maximum atomic E-state index is 12.9. The van der Waals surface area contributed by atoms with Gasteiger partial charge in [0.25, 0.3) is 5.91 Å². The first-order valence-electron chi connectivity index (χ1n) is 14.1. The number of carbonyl (C=O) groups excluding carboxylic acids is 1. The normalized spacial score (nSPS) is 14.1. The number of benzene rings is 3. The molecule has 6 aromatic rings. The van der Waals surface area contributed by atoms with Crippen molar-refractivity contribution in [3.63, 3.8) is 0 Å². The number of furan rings is 1. The quantitative estimate of drug-likeness (QED) is 0.207. The van der Waals surface area contributed by atoms with Crippen LogP contribution in [0.5, 0.6) is 0 Å². The average Bonchev–Trinajstić information content (AvgIpc) is 3.68. The number of amides is 1. The summed E-state index contributed by atoms with van der Waals surface area (Å²) >= 11 is 1.63. The summed E-state index contributed by atoms with van der Waals surface area (Å²) in [6.07, 6.45) is -0.195. The van der Waals surface area contributed by atoms with Crippen LogP contribution in [0.25, 0.3) is 27.1 Å². The first-order valence-corrected chi connectivity index (χ1v) is 14.9. The third kappa shape index (κ3) is 4.79. The monoisotopic (exact) mass is 601 g/mol. The largest absolute Gasteiger partial charge is 0.481 e. The van der Waals surface area contributed by atoms with E-state index in [0.717, 1.165) is 48.8 Å². The van der Waals surface area contributed by atoms with Crippen LogP contribution < -0.4 is 5.32 Å². The van der Waals surface area contributed by atoms with E-state index in [9.17, 15) is 14.7 Å². The number of aliphatic carboxylic acids is 1. The third-order valence-electron chi connectivity index (χ3n) is 7.87. The molecule has 218 valence electrons. The lowest BCUT2D eigenvalue weighted by atomic mass is 9.97. The number of hydrogen-bond donors (Lipinski definition) is 2. The number of nitrogens with zero attached hydrogens (tertiary/aromatic N) is 4. The Morgan fingerprint density at radius 3 is 2.48 bits per heavy atom. The van der Waals surface area contributed by atoms with Crippen molar-refractivity contribution in [2.75, 3.05) is 5.32 Å². The van der Waals surface area contributed by atoms with Crippen LogP contribution in [-0.4, -0.2) is 37.5 Å². The van der Waals surface area contributed by atoms with Crippen molar-refractivity contribution in [3.8, 4) is 16.1 Å². The number of aromatic nitrogens is 3. The molecule has 2 N–H and O–H groups in total. The lowest BCUT2D eigenvalue weighted by Crippen LogP contribution is -2.11. The molecule has 1 amide bonds. The van der Waals surface area contributed by atoms with E-state index in [0.29, 0.717) is 22.9 Å². The standard InChI is InChI=1S/C34H27N5O4S/c1-18-19(2)44-34-30(18)31(36-26(17-29(40)41)32-38-37-20(3)39(32)34)22-13-11-21(12-14-22)23-8-6-9-25(15-23)35-33(42)28-16-24-7-4-5-10-27(24)43-28/h4-16,26H,17H2,1-3H3,(H,35,42)(H,40,41)/t26-/m0/s1. The maximum Gasteiger partial charge on any atom is 0.306 e. The van der Waals surface area contributed by atoms with Gasteiger partial charge in [0.1, 0.15) is 22.5 Å². The zero-order chi connectivity index (χ0) is 30.5. The lowest BCUT2D eigenvalue weighted by Gasteiger charge is -2.12. The summed E-state index contributed by atoms with van der Waals surface area (Å²) in [5.74, 6) is 0.194. The predicted octanol–water partition coefficient (Wildman–Crippen LogP) is 7.29. The van der Waals surface area contributed by atoms with Crippen LogP contribution in [0, 0.1) is 20.8 Å². The number of fused-ring (bicyclic) bond motifs is 4. The topological polar surface area (TPSA) is 123 Å². The first kappa shape index (κ1) is 27.5. The van der Waals surface area contributed by atoms with E-state index in [2.05, 4.69) is 29.4 Å². The van der Waals surface area contributed by atoms with Gasteiger partial charge < -0.3 is 14.8 Å². The molecule has 10 heteroatoms. The number of carbonyl (C=O) groups is 2. The van der Waals surface area contributed by atoms with Gasteiger partial charge in [0.05, 0.1) is 12.1 Å². The molecule has 44 heavy (non-hydrogen) atoms. The molecule has 0 saturated heterocycles. The van der Waals surface area contributed by atoms with Gasteiger partial charge in [0.15, 0.2) is 11.6 Å². The molecule has 0 radical (unpaired) electrons. The number of aliphatic imine (C=N–C) groups is 1. The van der Waals surface area contributed by atoms with E-state index >= 15 is 0 Å². The van der Waals surface area contributed by atoms with Crippen LogP contribution in [0.2, 0.25) is 0 Å². The molecule has 1 atom stereocenters. The van der Waals surface area contributed by atoms with E-state index < -0.39 is 12.0 Å². The van der Waals surface area contributed by atoms with Crippen LogP contribution in [0.3, 0.4) is 0 Å². The van der Waals surface area contributed by atoms with Crippen molar-refractivity contribution in [2.24, 2.45) is 4.99 Å². The van der Waals surface area contributed by atoms with Crippen molar-refractivity contribution in [1.82, 2.24) is 14.8 Å². The highest BCUT2D eigenvalue weighted by atomic mass is 32.1. The van der Waals surface area contributed by atoms with Crippen molar-refractivity contribution >= 4 is 45.6 Å². The Hall–Kier alpha value is -5.35. The second-order valence-corrected chi connectivity index (χ2v) is 12.0. The number of aryl methyl sites for hydroxylation is 2. The highest BCUT2D eigenvalue weighted by Gasteiger charge is 2.32. The Morgan fingerprint density at radius 1 is 0.932 bits per heavy atom. The Labute approximate surface area is 256 Å². The molecule has 1 aliphatic heterocycles. The lowest BCUT2D eigenvalue weighted by molar-refractivity contribution is -0.137. The van der Waals surface area contributed by atoms with Gasteiger partial charge in [0, 0.05) is 27.1 Å². The summed E-state index contributed by atoms with van der Waals surface area (Å²) in [6, 6.07) is 24.2. The molecule has 0 fully saturated rings. The number of carboxylic acids is 1. The van der Waals surface area contributed by atoms with Crippen molar-refractivity contribution < 1.29 is 19.1 Å². The van der Waals surface area contributed by atoms with Gasteiger partial charge in [-0.3, -0.25) is 19.1 Å². The number of nitrogens with one attached hydrogen (secondary N) is 1. The molecular weight excluding hydrogens is 574 g/mol. The SMILES string of the molecule is Cc1sc2c(c1C)C(c1ccc(-c3cccc(NC(=O)c4cc5ccccc5o4)c3)cc1)=N[C@@H](CC(=O)O)c1nnc(C)n1-2. The molecule has 0 aliphatic carbocycles. The van der Waals surface area contributed by atoms with Gasteiger partial charge in [-0.15, -0.1) is 21.5 Å². The number of rotatable bonds is 6. The number of anilines is 1. The predicted molar refractivity (Wildman–Crippen MR) is 170 cm³/mol. The molecule has 4 heterocycles. The number of carboxylic acid groups (broad SMARTS) is 1. The highest BCUT2D eigenvalue weighted by Crippen LogP contribution is 2.39. The second kappa shape index (κ2) is 10.7. The second-order valence-electron chi connectivity index (χ2n) is 10.8. The highest BCUT2D eigenvalue weighted by molar-refractivity contribution is 7.15. The zero-order valence-electron chi connectivity index (χ0n) is 24.2. The summed E-state index contributed by atoms with van der Waals surface area (Å²) in [5, 5.41) is 23.0. The van der Waals surface area contributed by atoms with Crippen LogP contribution in [0.1, 0.15) is 56.2 Å². The molecular formula is C34H27N5O4S. The third-order valence-corrected chi connectivity index (χ3v) is 9.06. The molecule has 0 saturated carbocycles. The molecule has 3 aromatic carbocycles. The van der Waals surface area contributed by atoms with E-state index in [1.165, 1.54) is 0 Å². The summed E-state index contributed by atoms with van der Waals surface area (Å²) in [6.45, 7) is 6.01. The average molecular weight is 602 g/mol. The molecule has 1 aliphatic rings. The van der Waals surface area contributed by atoms with Crippen LogP contribution in [0.15, 0.2) is 88.3 Å². The number of hydrogen-bond acceptors (Lipinski definition) is 7. The maximum absolute atomic E-state index is 12.9. The van der Waals surface area contributed by atoms with Crippen LogP contribution in [-0.2, 0) is 4.79 Å². The Balaban J connectivity index is 1.21. The molecule has 3 aromatic heterocycles. The van der Waals surface area contributed by atoms with E-state index in [-0.39, 0.29) is 18.1 Å². The minimum absolute atomic E-state index is 0.195. The van der Waals surface area contributed by atoms with Gasteiger partial charge in [0.2, 0.25) is 0 Å². The first-order chi connectivity index (χ1) is 21.3. The summed E-state index contributed by atoms with van der Waals surface area (Å²) < 4.78 is 7.67. The minimum atomic E-state index is -0.953. The summed E-state index contributed by atoms with van der Waals surface area (Å²) in [5.41, 5.74) is 6.85. The Morgan fingerprint density at radius 2 is 1.70 bits per heavy atom. The molecule has 7 rings (SSSR count). The van der Waals surface area contributed by atoms with Crippen molar-refractivity contribution in [1.29, 1.82) is 0 Å². The van der Waals surface area contributed by atoms with Crippen LogP contribution >= 0.6 is 11.3 Å². The van der Waals surface area contributed by atoms with Gasteiger partial charge >= 0.3 is 5.97 Å². The van der Waals surface area contributed by atoms with Gasteiger partial charge in [-0.25, -0.2) is 0 Å². The Kier molecular flexibility index (Phi) is 6.70. The minimum Gasteiger partial charge on any atom is -0.481 e. The fraction of sp³-hybridized carbons (Fsp3) is 0.147. The summed E-state index contributed by atoms with van der Waals surface area (Å²) in [7, 11) is 0.